The molecule has 0 aromatic carbocycles. The van der Waals surface area contributed by atoms with E-state index in [1.165, 1.54) is 17.1 Å². The zero-order valence-electron chi connectivity index (χ0n) is 10.6. The summed E-state index contributed by atoms with van der Waals surface area (Å²) >= 11 is 5.91. The summed E-state index contributed by atoms with van der Waals surface area (Å²) < 4.78 is 23.1. The van der Waals surface area contributed by atoms with Gasteiger partial charge in [0.15, 0.2) is 0 Å². The monoisotopic (exact) mass is 305 g/mol. The van der Waals surface area contributed by atoms with Gasteiger partial charge in [-0.25, -0.2) is 13.1 Å². The fourth-order valence-electron chi connectivity index (χ4n) is 1.40. The number of nitrogens with one attached hydrogen (secondary N) is 1. The van der Waals surface area contributed by atoms with Crippen molar-refractivity contribution < 1.29 is 8.42 Å². The van der Waals surface area contributed by atoms with Gasteiger partial charge in [-0.1, -0.05) is 17.7 Å². The minimum atomic E-state index is -2.98. The molecule has 0 fully saturated rings. The predicted octanol–water partition coefficient (Wildman–Crippen LogP) is 0.929. The lowest BCUT2D eigenvalue weighted by Gasteiger charge is -2.09. The number of anilines is 1. The summed E-state index contributed by atoms with van der Waals surface area (Å²) in [6.07, 6.45) is 4.60. The topological polar surface area (TPSA) is 81.1 Å². The van der Waals surface area contributed by atoms with Crippen LogP contribution in [-0.2, 0) is 16.4 Å². The standard InChI is InChI=1S/C11H16ClN3O3S/c1-3-6-15-11(16)10(12)9(8-14-15)13-5-4-7-19(2,17)18/h3,8,13H,1,4-7H2,2H3. The van der Waals surface area contributed by atoms with Crippen LogP contribution in [0, 0.1) is 0 Å². The van der Waals surface area contributed by atoms with E-state index in [0.717, 1.165) is 0 Å². The van der Waals surface area contributed by atoms with Crippen molar-refractivity contribution in [3.63, 3.8) is 0 Å². The summed E-state index contributed by atoms with van der Waals surface area (Å²) in [4.78, 5) is 11.8. The van der Waals surface area contributed by atoms with E-state index in [9.17, 15) is 13.2 Å². The van der Waals surface area contributed by atoms with Gasteiger partial charge in [-0.3, -0.25) is 4.79 Å². The van der Waals surface area contributed by atoms with Crippen molar-refractivity contribution in [3.05, 3.63) is 34.2 Å². The van der Waals surface area contributed by atoms with Crippen LogP contribution in [0.2, 0.25) is 5.02 Å². The number of rotatable bonds is 7. The molecule has 0 radical (unpaired) electrons. The highest BCUT2D eigenvalue weighted by Crippen LogP contribution is 2.14. The van der Waals surface area contributed by atoms with Gasteiger partial charge in [0.05, 0.1) is 24.2 Å². The second-order valence-electron chi connectivity index (χ2n) is 4.06. The summed E-state index contributed by atoms with van der Waals surface area (Å²) in [6.45, 7) is 4.20. The number of hydrogen-bond donors (Lipinski definition) is 1. The van der Waals surface area contributed by atoms with E-state index in [1.807, 2.05) is 0 Å². The highest BCUT2D eigenvalue weighted by atomic mass is 35.5. The molecule has 0 aliphatic rings. The largest absolute Gasteiger partial charge is 0.382 e. The van der Waals surface area contributed by atoms with E-state index >= 15 is 0 Å². The Morgan fingerprint density at radius 1 is 1.58 bits per heavy atom. The molecule has 0 bridgehead atoms. The van der Waals surface area contributed by atoms with Crippen molar-refractivity contribution in [1.82, 2.24) is 9.78 Å². The van der Waals surface area contributed by atoms with E-state index < -0.39 is 15.4 Å². The maximum absolute atomic E-state index is 11.8. The van der Waals surface area contributed by atoms with Crippen molar-refractivity contribution in [2.24, 2.45) is 0 Å². The number of sulfone groups is 1. The number of allylic oxidation sites excluding steroid dienone is 1. The third kappa shape index (κ3) is 5.04. The third-order valence-corrected chi connectivity index (χ3v) is 3.69. The van der Waals surface area contributed by atoms with Crippen LogP contribution in [0.4, 0.5) is 5.69 Å². The first-order chi connectivity index (χ1) is 8.85. The Morgan fingerprint density at radius 3 is 2.84 bits per heavy atom. The summed E-state index contributed by atoms with van der Waals surface area (Å²) in [5, 5.41) is 6.86. The molecule has 1 N–H and O–H groups in total. The van der Waals surface area contributed by atoms with Crippen molar-refractivity contribution >= 4 is 27.1 Å². The zero-order valence-corrected chi connectivity index (χ0v) is 12.2. The summed E-state index contributed by atoms with van der Waals surface area (Å²) in [5.41, 5.74) is -0.00448. The van der Waals surface area contributed by atoms with Gasteiger partial charge in [-0.15, -0.1) is 6.58 Å². The molecule has 0 saturated heterocycles. The van der Waals surface area contributed by atoms with E-state index in [1.54, 1.807) is 6.08 Å². The van der Waals surface area contributed by atoms with Crippen molar-refractivity contribution in [3.8, 4) is 0 Å². The zero-order chi connectivity index (χ0) is 14.5. The number of nitrogens with zero attached hydrogens (tertiary/aromatic N) is 2. The first-order valence-electron chi connectivity index (χ1n) is 5.63. The van der Waals surface area contributed by atoms with E-state index in [4.69, 9.17) is 11.6 Å². The molecule has 1 aromatic heterocycles. The Kier molecular flexibility index (Phi) is 5.56. The van der Waals surface area contributed by atoms with Gasteiger partial charge in [0.1, 0.15) is 14.9 Å². The third-order valence-electron chi connectivity index (χ3n) is 2.29. The molecule has 0 aliphatic carbocycles. The van der Waals surface area contributed by atoms with Crippen LogP contribution < -0.4 is 10.9 Å². The van der Waals surface area contributed by atoms with Gasteiger partial charge < -0.3 is 5.32 Å². The molecule has 6 nitrogen and oxygen atoms in total. The maximum Gasteiger partial charge on any atom is 0.287 e. The molecular formula is C11H16ClN3O3S. The minimum Gasteiger partial charge on any atom is -0.382 e. The quantitative estimate of drug-likeness (QED) is 0.598. The molecule has 8 heteroatoms. The van der Waals surface area contributed by atoms with Crippen molar-refractivity contribution in [1.29, 1.82) is 0 Å². The molecule has 1 rings (SSSR count). The Balaban J connectivity index is 2.68. The van der Waals surface area contributed by atoms with Gasteiger partial charge in [0.25, 0.3) is 5.56 Å². The first-order valence-corrected chi connectivity index (χ1v) is 8.07. The lowest BCUT2D eigenvalue weighted by Crippen LogP contribution is -2.24. The second-order valence-corrected chi connectivity index (χ2v) is 6.70. The van der Waals surface area contributed by atoms with Crippen LogP contribution >= 0.6 is 11.6 Å². The lowest BCUT2D eigenvalue weighted by molar-refractivity contribution is 0.600. The van der Waals surface area contributed by atoms with Crippen molar-refractivity contribution in [2.75, 3.05) is 23.9 Å². The number of aromatic nitrogens is 2. The fourth-order valence-corrected chi connectivity index (χ4v) is 2.28. The Hall–Kier alpha value is -1.34. The molecule has 106 valence electrons. The minimum absolute atomic E-state index is 0.0382. The van der Waals surface area contributed by atoms with Crippen LogP contribution in [0.5, 0.6) is 0 Å². The molecule has 1 aromatic rings. The Labute approximate surface area is 117 Å². The SMILES string of the molecule is C=CCn1ncc(NCCCS(C)(=O)=O)c(Cl)c1=O. The maximum atomic E-state index is 11.8. The summed E-state index contributed by atoms with van der Waals surface area (Å²) in [7, 11) is -2.98. The van der Waals surface area contributed by atoms with Crippen LogP contribution in [0.15, 0.2) is 23.6 Å². The van der Waals surface area contributed by atoms with Gasteiger partial charge >= 0.3 is 0 Å². The van der Waals surface area contributed by atoms with Crippen LogP contribution in [0.25, 0.3) is 0 Å². The van der Waals surface area contributed by atoms with Gasteiger partial charge in [0, 0.05) is 12.8 Å². The highest BCUT2D eigenvalue weighted by Gasteiger charge is 2.08. The molecule has 0 amide bonds. The highest BCUT2D eigenvalue weighted by molar-refractivity contribution is 7.90. The Bertz CT molecular complexity index is 610. The van der Waals surface area contributed by atoms with E-state index in [2.05, 4.69) is 17.0 Å². The van der Waals surface area contributed by atoms with Gasteiger partial charge in [-0.2, -0.15) is 5.10 Å². The van der Waals surface area contributed by atoms with Gasteiger partial charge in [-0.05, 0) is 6.42 Å². The van der Waals surface area contributed by atoms with Gasteiger partial charge in [0.2, 0.25) is 0 Å². The summed E-state index contributed by atoms with van der Waals surface area (Å²) in [5.74, 6) is 0.0819. The predicted molar refractivity (Wildman–Crippen MR) is 76.5 cm³/mol. The molecule has 19 heavy (non-hydrogen) atoms. The molecule has 0 unspecified atom stereocenters. The van der Waals surface area contributed by atoms with E-state index in [-0.39, 0.29) is 17.3 Å². The van der Waals surface area contributed by atoms with Crippen molar-refractivity contribution in [2.45, 2.75) is 13.0 Å². The number of hydrogen-bond acceptors (Lipinski definition) is 5. The number of halogens is 1. The fraction of sp³-hybridized carbons (Fsp3) is 0.455. The van der Waals surface area contributed by atoms with E-state index in [0.29, 0.717) is 18.7 Å². The van der Waals surface area contributed by atoms with Crippen LogP contribution in [0.1, 0.15) is 6.42 Å². The average molecular weight is 306 g/mol. The second kappa shape index (κ2) is 6.72. The lowest BCUT2D eigenvalue weighted by atomic mass is 10.4. The molecule has 1 heterocycles. The van der Waals surface area contributed by atoms with Crippen LogP contribution in [-0.4, -0.2) is 36.8 Å². The smallest absolute Gasteiger partial charge is 0.287 e. The molecule has 0 aliphatic heterocycles. The Morgan fingerprint density at radius 2 is 2.26 bits per heavy atom. The first kappa shape index (κ1) is 15.7. The summed E-state index contributed by atoms with van der Waals surface area (Å²) in [6, 6.07) is 0. The molecule has 0 atom stereocenters. The molecule has 0 spiro atoms. The van der Waals surface area contributed by atoms with Crippen LogP contribution in [0.3, 0.4) is 0 Å². The normalized spacial score (nSPS) is 11.3. The average Bonchev–Trinajstić information content (AvgIpc) is 2.32. The molecule has 0 saturated carbocycles. The molecular weight excluding hydrogens is 290 g/mol.